The summed E-state index contributed by atoms with van der Waals surface area (Å²) in [5, 5.41) is 2.89. The number of hydrogen-bond donors (Lipinski definition) is 1. The summed E-state index contributed by atoms with van der Waals surface area (Å²) in [5.41, 5.74) is 3.80. The molecule has 1 spiro atoms. The van der Waals surface area contributed by atoms with E-state index in [0.717, 1.165) is 16.8 Å². The predicted octanol–water partition coefficient (Wildman–Crippen LogP) is 3.44. The number of aliphatic imine (C=N–C) groups is 1. The van der Waals surface area contributed by atoms with Gasteiger partial charge in [0.1, 0.15) is 12.3 Å². The minimum absolute atomic E-state index is 0.0881. The lowest BCUT2D eigenvalue weighted by atomic mass is 10.0. The summed E-state index contributed by atoms with van der Waals surface area (Å²) in [4.78, 5) is 36.9. The van der Waals surface area contributed by atoms with Gasteiger partial charge in [-0.1, -0.05) is 42.5 Å². The number of carbonyl (C=O) groups is 2. The maximum Gasteiger partial charge on any atom is 0.275 e. The van der Waals surface area contributed by atoms with Crippen molar-refractivity contribution in [1.82, 2.24) is 9.88 Å². The fourth-order valence-corrected chi connectivity index (χ4v) is 4.28. The predicted molar refractivity (Wildman–Crippen MR) is 126 cm³/mol. The molecule has 0 bridgehead atoms. The van der Waals surface area contributed by atoms with Gasteiger partial charge in [0.25, 0.3) is 5.91 Å². The van der Waals surface area contributed by atoms with Crippen molar-refractivity contribution >= 4 is 23.2 Å². The van der Waals surface area contributed by atoms with Crippen molar-refractivity contribution < 1.29 is 14.3 Å². The monoisotopic (exact) mass is 440 g/mol. The molecular formula is C26H24N4O3. The molecule has 2 aromatic carbocycles. The van der Waals surface area contributed by atoms with Gasteiger partial charge in [0.15, 0.2) is 5.66 Å². The van der Waals surface area contributed by atoms with E-state index < -0.39 is 5.66 Å². The van der Waals surface area contributed by atoms with Crippen LogP contribution in [0.1, 0.15) is 17.5 Å². The van der Waals surface area contributed by atoms with E-state index in [2.05, 4.69) is 10.3 Å². The van der Waals surface area contributed by atoms with Crippen LogP contribution in [-0.4, -0.2) is 52.8 Å². The SMILES string of the molecule is Cc1cccc(NC(=O)CN2C(=O)C(c3ccc(-c4ccccn4)cc3)=NC23CCOC3)c1. The number of aryl methyl sites for hydroxylation is 1. The molecule has 0 aliphatic carbocycles. The van der Waals surface area contributed by atoms with Crippen molar-refractivity contribution in [2.75, 3.05) is 25.1 Å². The van der Waals surface area contributed by atoms with Gasteiger partial charge in [-0.2, -0.15) is 0 Å². The fourth-order valence-electron chi connectivity index (χ4n) is 4.28. The highest BCUT2D eigenvalue weighted by Crippen LogP contribution is 2.34. The standard InChI is InChI=1S/C26H24N4O3/c1-18-5-4-6-21(15-18)28-23(31)16-30-25(32)24(29-26(30)12-14-33-17-26)20-10-8-19(9-11-20)22-7-2-3-13-27-22/h2-11,13,15H,12,14,16-17H2,1H3,(H,28,31). The molecule has 3 heterocycles. The van der Waals surface area contributed by atoms with E-state index in [1.165, 1.54) is 0 Å². The summed E-state index contributed by atoms with van der Waals surface area (Å²) in [7, 11) is 0. The van der Waals surface area contributed by atoms with Crippen LogP contribution in [0.5, 0.6) is 0 Å². The first kappa shape index (κ1) is 21.0. The van der Waals surface area contributed by atoms with Gasteiger partial charge in [-0.15, -0.1) is 0 Å². The van der Waals surface area contributed by atoms with Gasteiger partial charge >= 0.3 is 0 Å². The molecule has 166 valence electrons. The molecule has 1 aromatic heterocycles. The van der Waals surface area contributed by atoms with Gasteiger partial charge in [0.2, 0.25) is 5.91 Å². The second kappa shape index (κ2) is 8.60. The van der Waals surface area contributed by atoms with Crippen molar-refractivity contribution in [1.29, 1.82) is 0 Å². The van der Waals surface area contributed by atoms with Crippen LogP contribution < -0.4 is 5.32 Å². The number of nitrogens with one attached hydrogen (secondary N) is 1. The molecule has 3 aromatic rings. The summed E-state index contributed by atoms with van der Waals surface area (Å²) in [6.45, 7) is 2.66. The lowest BCUT2D eigenvalue weighted by molar-refractivity contribution is -0.133. The molecule has 1 atom stereocenters. The molecule has 7 nitrogen and oxygen atoms in total. The molecule has 7 heteroatoms. The van der Waals surface area contributed by atoms with Crippen LogP contribution >= 0.6 is 0 Å². The Morgan fingerprint density at radius 2 is 1.91 bits per heavy atom. The Labute approximate surface area is 192 Å². The quantitative estimate of drug-likeness (QED) is 0.659. The highest BCUT2D eigenvalue weighted by molar-refractivity contribution is 6.47. The van der Waals surface area contributed by atoms with Gasteiger partial charge in [0, 0.05) is 29.4 Å². The van der Waals surface area contributed by atoms with Crippen LogP contribution in [0, 0.1) is 6.92 Å². The van der Waals surface area contributed by atoms with E-state index in [1.807, 2.05) is 73.7 Å². The third kappa shape index (κ3) is 4.15. The van der Waals surface area contributed by atoms with Gasteiger partial charge in [-0.25, -0.2) is 4.99 Å². The van der Waals surface area contributed by atoms with Gasteiger partial charge < -0.3 is 15.0 Å². The zero-order valence-corrected chi connectivity index (χ0v) is 18.3. The second-order valence-corrected chi connectivity index (χ2v) is 8.35. The van der Waals surface area contributed by atoms with Crippen LogP contribution in [0.3, 0.4) is 0 Å². The number of pyridine rings is 1. The molecule has 2 aliphatic heterocycles. The van der Waals surface area contributed by atoms with Crippen LogP contribution in [0.25, 0.3) is 11.3 Å². The number of aromatic nitrogens is 1. The maximum absolute atomic E-state index is 13.4. The maximum atomic E-state index is 13.4. The number of carbonyl (C=O) groups excluding carboxylic acids is 2. The minimum Gasteiger partial charge on any atom is -0.377 e. The number of benzene rings is 2. The van der Waals surface area contributed by atoms with Gasteiger partial charge in [0.05, 0.1) is 18.9 Å². The highest BCUT2D eigenvalue weighted by Gasteiger charge is 2.50. The lowest BCUT2D eigenvalue weighted by Gasteiger charge is -2.30. The van der Waals surface area contributed by atoms with Crippen molar-refractivity contribution in [3.63, 3.8) is 0 Å². The average Bonchev–Trinajstić information content (AvgIpc) is 3.40. The van der Waals surface area contributed by atoms with E-state index in [-0.39, 0.29) is 25.0 Å². The number of ether oxygens (including phenoxy) is 1. The molecule has 1 N–H and O–H groups in total. The number of amides is 2. The first-order chi connectivity index (χ1) is 16.0. The molecule has 2 amide bonds. The summed E-state index contributed by atoms with van der Waals surface area (Å²) >= 11 is 0. The van der Waals surface area contributed by atoms with Crippen molar-refractivity contribution in [3.05, 3.63) is 84.1 Å². The van der Waals surface area contributed by atoms with Crippen molar-refractivity contribution in [3.8, 4) is 11.3 Å². The van der Waals surface area contributed by atoms with E-state index in [1.54, 1.807) is 11.1 Å². The summed E-state index contributed by atoms with van der Waals surface area (Å²) in [6.07, 6.45) is 2.31. The molecule has 5 rings (SSSR count). The zero-order valence-electron chi connectivity index (χ0n) is 18.3. The number of anilines is 1. The number of nitrogens with zero attached hydrogens (tertiary/aromatic N) is 3. The molecule has 0 saturated carbocycles. The largest absolute Gasteiger partial charge is 0.377 e. The van der Waals surface area contributed by atoms with Crippen LogP contribution in [0.4, 0.5) is 5.69 Å². The van der Waals surface area contributed by atoms with E-state index in [9.17, 15) is 9.59 Å². The van der Waals surface area contributed by atoms with E-state index in [0.29, 0.717) is 30.0 Å². The van der Waals surface area contributed by atoms with Crippen molar-refractivity contribution in [2.24, 2.45) is 4.99 Å². The third-order valence-electron chi connectivity index (χ3n) is 5.97. The molecule has 1 saturated heterocycles. The van der Waals surface area contributed by atoms with Crippen LogP contribution in [-0.2, 0) is 14.3 Å². The Balaban J connectivity index is 1.37. The minimum atomic E-state index is -0.837. The van der Waals surface area contributed by atoms with E-state index >= 15 is 0 Å². The topological polar surface area (TPSA) is 83.9 Å². The Kier molecular flexibility index (Phi) is 5.48. The molecule has 2 aliphatic rings. The molecule has 33 heavy (non-hydrogen) atoms. The average molecular weight is 441 g/mol. The van der Waals surface area contributed by atoms with Crippen LogP contribution in [0.15, 0.2) is 77.9 Å². The first-order valence-electron chi connectivity index (χ1n) is 10.9. The summed E-state index contributed by atoms with van der Waals surface area (Å²) in [6, 6.07) is 20.9. The molecule has 0 radical (unpaired) electrons. The Morgan fingerprint density at radius 1 is 1.09 bits per heavy atom. The Bertz CT molecular complexity index is 1220. The first-order valence-corrected chi connectivity index (χ1v) is 10.9. The van der Waals surface area contributed by atoms with Crippen LogP contribution in [0.2, 0.25) is 0 Å². The molecule has 1 fully saturated rings. The van der Waals surface area contributed by atoms with Crippen molar-refractivity contribution in [2.45, 2.75) is 19.0 Å². The highest BCUT2D eigenvalue weighted by atomic mass is 16.5. The Hall–Kier alpha value is -3.84. The lowest BCUT2D eigenvalue weighted by Crippen LogP contribution is -2.50. The number of rotatable bonds is 5. The summed E-state index contributed by atoms with van der Waals surface area (Å²) < 4.78 is 5.60. The zero-order chi connectivity index (χ0) is 22.8. The normalized spacial score (nSPS) is 19.7. The number of hydrogen-bond acceptors (Lipinski definition) is 5. The molecule has 1 unspecified atom stereocenters. The fraction of sp³-hybridized carbons (Fsp3) is 0.231. The van der Waals surface area contributed by atoms with Gasteiger partial charge in [-0.05, 0) is 36.8 Å². The van der Waals surface area contributed by atoms with E-state index in [4.69, 9.17) is 9.73 Å². The van der Waals surface area contributed by atoms with Gasteiger partial charge in [-0.3, -0.25) is 14.6 Å². The third-order valence-corrected chi connectivity index (χ3v) is 5.97. The smallest absolute Gasteiger partial charge is 0.275 e. The second-order valence-electron chi connectivity index (χ2n) is 8.35. The summed E-state index contributed by atoms with van der Waals surface area (Å²) in [5.74, 6) is -0.521. The molecular weight excluding hydrogens is 416 g/mol. The Morgan fingerprint density at radius 3 is 2.61 bits per heavy atom.